The first-order chi connectivity index (χ1) is 15.5. The van der Waals surface area contributed by atoms with Crippen molar-refractivity contribution < 1.29 is 14.3 Å². The molecule has 32 heavy (non-hydrogen) atoms. The molecule has 5 heteroatoms. The fourth-order valence-electron chi connectivity index (χ4n) is 4.16. The van der Waals surface area contributed by atoms with Gasteiger partial charge in [-0.05, 0) is 53.8 Å². The minimum atomic E-state index is -0.987. The van der Waals surface area contributed by atoms with Crippen molar-refractivity contribution in [2.45, 2.75) is 39.9 Å². The lowest BCUT2D eigenvalue weighted by molar-refractivity contribution is 0.0684. The number of nitrogens with one attached hydrogen (secondary N) is 1. The Kier molecular flexibility index (Phi) is 6.37. The Bertz CT molecular complexity index is 1260. The van der Waals surface area contributed by atoms with Crippen molar-refractivity contribution >= 4 is 16.9 Å². The van der Waals surface area contributed by atoms with Crippen LogP contribution in [0.2, 0.25) is 0 Å². The van der Waals surface area contributed by atoms with Crippen molar-refractivity contribution in [3.63, 3.8) is 0 Å². The quantitative estimate of drug-likeness (QED) is 0.378. The van der Waals surface area contributed by atoms with Gasteiger partial charge in [-0.3, -0.25) is 0 Å². The lowest BCUT2D eigenvalue weighted by atomic mass is 10.1. The molecule has 0 bridgehead atoms. The molecule has 1 heterocycles. The van der Waals surface area contributed by atoms with Gasteiger partial charge in [0, 0.05) is 36.1 Å². The number of carbonyl (C=O) groups is 1. The van der Waals surface area contributed by atoms with Crippen LogP contribution in [0.5, 0.6) is 0 Å². The highest BCUT2D eigenvalue weighted by molar-refractivity contribution is 5.98. The van der Waals surface area contributed by atoms with E-state index >= 15 is 0 Å². The van der Waals surface area contributed by atoms with Gasteiger partial charge in [0.2, 0.25) is 0 Å². The molecule has 0 spiro atoms. The maximum Gasteiger partial charge on any atom is 0.352 e. The number of fused-ring (bicyclic) bond motifs is 1. The Morgan fingerprint density at radius 1 is 0.969 bits per heavy atom. The molecule has 0 unspecified atom stereocenters. The first-order valence-corrected chi connectivity index (χ1v) is 10.8. The van der Waals surface area contributed by atoms with E-state index in [1.807, 2.05) is 31.2 Å². The highest BCUT2D eigenvalue weighted by Crippen LogP contribution is 2.29. The van der Waals surface area contributed by atoms with Crippen LogP contribution < -0.4 is 5.32 Å². The molecule has 0 radical (unpaired) electrons. The maximum atomic E-state index is 13.8. The zero-order valence-electron chi connectivity index (χ0n) is 18.4. The summed E-state index contributed by atoms with van der Waals surface area (Å²) in [6.07, 6.45) is 1.000. The van der Waals surface area contributed by atoms with Crippen molar-refractivity contribution in [3.05, 3.63) is 106 Å². The van der Waals surface area contributed by atoms with Crippen LogP contribution in [-0.2, 0) is 26.1 Å². The first-order valence-electron chi connectivity index (χ1n) is 10.8. The third-order valence-electron chi connectivity index (χ3n) is 5.82. The van der Waals surface area contributed by atoms with Gasteiger partial charge in [0.15, 0.2) is 0 Å². The van der Waals surface area contributed by atoms with Crippen LogP contribution in [0.15, 0.2) is 66.7 Å². The van der Waals surface area contributed by atoms with Crippen LogP contribution in [0, 0.1) is 12.7 Å². The van der Waals surface area contributed by atoms with Crippen LogP contribution in [-0.4, -0.2) is 15.6 Å². The van der Waals surface area contributed by atoms with Crippen molar-refractivity contribution in [2.24, 2.45) is 0 Å². The number of aryl methyl sites for hydroxylation is 2. The lowest BCUT2D eigenvalue weighted by Gasteiger charge is -2.10. The number of carboxylic acids is 1. The number of carboxylic acid groups (broad SMARTS) is 1. The van der Waals surface area contributed by atoms with E-state index in [9.17, 15) is 14.3 Å². The summed E-state index contributed by atoms with van der Waals surface area (Å²) in [6.45, 7) is 5.47. The largest absolute Gasteiger partial charge is 0.477 e. The predicted molar refractivity (Wildman–Crippen MR) is 126 cm³/mol. The number of nitrogens with zero attached hydrogens (tertiary/aromatic N) is 1. The third kappa shape index (κ3) is 4.58. The van der Waals surface area contributed by atoms with Gasteiger partial charge in [0.25, 0.3) is 0 Å². The van der Waals surface area contributed by atoms with Crippen LogP contribution in [0.25, 0.3) is 10.9 Å². The maximum absolute atomic E-state index is 13.8. The van der Waals surface area contributed by atoms with Gasteiger partial charge in [-0.1, -0.05) is 55.5 Å². The predicted octanol–water partition coefficient (Wildman–Crippen LogP) is 5.69. The molecule has 0 saturated heterocycles. The van der Waals surface area contributed by atoms with Crippen LogP contribution >= 0.6 is 0 Å². The average molecular weight is 431 g/mol. The Morgan fingerprint density at radius 3 is 2.41 bits per heavy atom. The minimum absolute atomic E-state index is 0.240. The van der Waals surface area contributed by atoms with Gasteiger partial charge in [-0.25, -0.2) is 9.18 Å². The molecule has 0 saturated carbocycles. The van der Waals surface area contributed by atoms with Crippen molar-refractivity contribution in [2.75, 3.05) is 0 Å². The molecule has 4 rings (SSSR count). The van der Waals surface area contributed by atoms with Crippen LogP contribution in [0.4, 0.5) is 4.39 Å². The van der Waals surface area contributed by atoms with E-state index in [0.29, 0.717) is 13.1 Å². The summed E-state index contributed by atoms with van der Waals surface area (Å²) in [7, 11) is 0. The van der Waals surface area contributed by atoms with E-state index in [0.717, 1.165) is 39.6 Å². The van der Waals surface area contributed by atoms with Crippen molar-refractivity contribution in [1.29, 1.82) is 0 Å². The smallest absolute Gasteiger partial charge is 0.352 e. The molecule has 0 aliphatic rings. The second-order valence-electron chi connectivity index (χ2n) is 8.14. The monoisotopic (exact) mass is 430 g/mol. The van der Waals surface area contributed by atoms with E-state index in [1.54, 1.807) is 10.6 Å². The topological polar surface area (TPSA) is 54.3 Å². The number of hydrogen-bond donors (Lipinski definition) is 2. The fourth-order valence-corrected chi connectivity index (χ4v) is 4.16. The average Bonchev–Trinajstić information content (AvgIpc) is 3.07. The first kappa shape index (κ1) is 21.8. The Balaban J connectivity index is 1.69. The van der Waals surface area contributed by atoms with Gasteiger partial charge in [-0.15, -0.1) is 0 Å². The minimum Gasteiger partial charge on any atom is -0.477 e. The van der Waals surface area contributed by atoms with E-state index in [1.165, 1.54) is 17.7 Å². The zero-order chi connectivity index (χ0) is 22.7. The van der Waals surface area contributed by atoms with Gasteiger partial charge >= 0.3 is 5.97 Å². The highest BCUT2D eigenvalue weighted by atomic mass is 19.1. The molecule has 0 atom stereocenters. The fraction of sp³-hybridized carbons (Fsp3) is 0.222. The Morgan fingerprint density at radius 2 is 1.72 bits per heavy atom. The molecular weight excluding hydrogens is 403 g/mol. The van der Waals surface area contributed by atoms with Gasteiger partial charge in [0.1, 0.15) is 11.5 Å². The molecule has 0 aliphatic heterocycles. The second-order valence-corrected chi connectivity index (χ2v) is 8.14. The summed E-state index contributed by atoms with van der Waals surface area (Å²) in [6, 6.07) is 20.7. The zero-order valence-corrected chi connectivity index (χ0v) is 18.4. The molecule has 0 aliphatic carbocycles. The second kappa shape index (κ2) is 9.37. The van der Waals surface area contributed by atoms with E-state index in [2.05, 4.69) is 36.5 Å². The molecule has 3 aromatic carbocycles. The summed E-state index contributed by atoms with van der Waals surface area (Å²) in [4.78, 5) is 12.3. The summed E-state index contributed by atoms with van der Waals surface area (Å²) < 4.78 is 15.5. The highest BCUT2D eigenvalue weighted by Gasteiger charge is 2.22. The molecule has 2 N–H and O–H groups in total. The number of rotatable bonds is 8. The van der Waals surface area contributed by atoms with Gasteiger partial charge < -0.3 is 15.0 Å². The summed E-state index contributed by atoms with van der Waals surface area (Å²) >= 11 is 0. The normalized spacial score (nSPS) is 11.2. The molecule has 164 valence electrons. The van der Waals surface area contributed by atoms with Crippen LogP contribution in [0.3, 0.4) is 0 Å². The van der Waals surface area contributed by atoms with Crippen LogP contribution in [0.1, 0.15) is 45.2 Å². The Hall–Kier alpha value is -3.44. The van der Waals surface area contributed by atoms with E-state index in [4.69, 9.17) is 0 Å². The molecule has 0 fully saturated rings. The third-order valence-corrected chi connectivity index (χ3v) is 5.82. The SMILES string of the molecule is CCc1ccc(CNCc2c(C(=O)O)n(Cc3cccc(F)c3)c3cc(C)ccc23)cc1. The number of aromatic nitrogens is 1. The summed E-state index contributed by atoms with van der Waals surface area (Å²) in [5, 5.41) is 14.4. The molecule has 0 amide bonds. The number of benzene rings is 3. The lowest BCUT2D eigenvalue weighted by Crippen LogP contribution is -2.17. The van der Waals surface area contributed by atoms with Gasteiger partial charge in [-0.2, -0.15) is 0 Å². The van der Waals surface area contributed by atoms with E-state index < -0.39 is 5.97 Å². The summed E-state index contributed by atoms with van der Waals surface area (Å²) in [5.41, 5.74) is 6.04. The number of aromatic carboxylic acids is 1. The standard InChI is InChI=1S/C27H27FN2O2/c1-3-19-8-10-20(11-9-19)15-29-16-24-23-12-7-18(2)13-25(23)30(26(24)27(31)32)17-21-5-4-6-22(28)14-21/h4-14,29H,3,15-17H2,1-2H3,(H,31,32). The number of hydrogen-bond acceptors (Lipinski definition) is 2. The number of halogens is 1. The summed E-state index contributed by atoms with van der Waals surface area (Å²) in [5.74, 6) is -1.32. The van der Waals surface area contributed by atoms with Gasteiger partial charge in [0.05, 0.1) is 0 Å². The van der Waals surface area contributed by atoms with E-state index in [-0.39, 0.29) is 18.1 Å². The van der Waals surface area contributed by atoms with Crippen molar-refractivity contribution in [3.8, 4) is 0 Å². The molecule has 1 aromatic heterocycles. The van der Waals surface area contributed by atoms with Crippen molar-refractivity contribution in [1.82, 2.24) is 9.88 Å². The molecule has 4 aromatic rings. The Labute approximate surface area is 187 Å². The molecule has 4 nitrogen and oxygen atoms in total. The molecular formula is C27H27FN2O2.